The van der Waals surface area contributed by atoms with Crippen LogP contribution in [0.4, 0.5) is 0 Å². The van der Waals surface area contributed by atoms with E-state index in [1.165, 1.54) is 57.8 Å². The van der Waals surface area contributed by atoms with Crippen molar-refractivity contribution in [2.75, 3.05) is 0 Å². The van der Waals surface area contributed by atoms with E-state index in [0.717, 1.165) is 5.92 Å². The number of rotatable bonds is 7. The fourth-order valence-corrected chi connectivity index (χ4v) is 2.73. The molecule has 0 bridgehead atoms. The first-order valence-electron chi connectivity index (χ1n) is 6.08. The molecule has 1 fully saturated rings. The summed E-state index contributed by atoms with van der Waals surface area (Å²) >= 11 is 6.08. The summed E-state index contributed by atoms with van der Waals surface area (Å²) in [5.41, 5.74) is 0. The summed E-state index contributed by atoms with van der Waals surface area (Å²) in [5.74, 6) is 0.942. The lowest BCUT2D eigenvalue weighted by molar-refractivity contribution is 0.465. The lowest BCUT2D eigenvalue weighted by atomic mass is 9.99. The number of hydrogen-bond acceptors (Lipinski definition) is 0. The fourth-order valence-electron chi connectivity index (χ4n) is 2.35. The zero-order valence-corrected chi connectivity index (χ0v) is 9.94. The average Bonchev–Trinajstić information content (AvgIpc) is 2.58. The maximum Gasteiger partial charge on any atom is 0.0338 e. The molecule has 1 saturated carbocycles. The van der Waals surface area contributed by atoms with Gasteiger partial charge in [-0.25, -0.2) is 0 Å². The van der Waals surface area contributed by atoms with E-state index < -0.39 is 0 Å². The number of allylic oxidation sites excluding steroid dienone is 1. The summed E-state index contributed by atoms with van der Waals surface area (Å²) in [4.78, 5) is 0. The van der Waals surface area contributed by atoms with Crippen molar-refractivity contribution in [3.8, 4) is 0 Å². The van der Waals surface area contributed by atoms with E-state index in [0.29, 0.717) is 5.38 Å². The van der Waals surface area contributed by atoms with Crippen molar-refractivity contribution in [1.29, 1.82) is 0 Å². The maximum atomic E-state index is 6.08. The van der Waals surface area contributed by atoms with Gasteiger partial charge in [0, 0.05) is 5.38 Å². The van der Waals surface area contributed by atoms with Gasteiger partial charge in [-0.1, -0.05) is 31.8 Å². The first-order valence-corrected chi connectivity index (χ1v) is 6.51. The molecule has 1 aliphatic rings. The lowest BCUT2D eigenvalue weighted by Crippen LogP contribution is -1.95. The van der Waals surface area contributed by atoms with E-state index >= 15 is 0 Å². The van der Waals surface area contributed by atoms with Crippen molar-refractivity contribution in [2.24, 2.45) is 5.92 Å². The van der Waals surface area contributed by atoms with Crippen LogP contribution in [0.3, 0.4) is 0 Å². The summed E-state index contributed by atoms with van der Waals surface area (Å²) in [6, 6.07) is 0. The Kier molecular flexibility index (Phi) is 6.34. The van der Waals surface area contributed by atoms with Crippen LogP contribution in [0.5, 0.6) is 0 Å². The molecular formula is C13H23Cl. The Morgan fingerprint density at radius 1 is 1.14 bits per heavy atom. The minimum Gasteiger partial charge on any atom is -0.123 e. The van der Waals surface area contributed by atoms with E-state index in [-0.39, 0.29) is 0 Å². The topological polar surface area (TPSA) is 0 Å². The van der Waals surface area contributed by atoms with Crippen molar-refractivity contribution in [3.63, 3.8) is 0 Å². The van der Waals surface area contributed by atoms with E-state index in [1.54, 1.807) is 0 Å². The third-order valence-electron chi connectivity index (χ3n) is 3.25. The molecule has 0 aromatic rings. The molecule has 14 heavy (non-hydrogen) atoms. The lowest BCUT2D eigenvalue weighted by Gasteiger charge is -2.07. The van der Waals surface area contributed by atoms with Gasteiger partial charge in [-0.3, -0.25) is 0 Å². The Labute approximate surface area is 93.7 Å². The van der Waals surface area contributed by atoms with Gasteiger partial charge in [-0.15, -0.1) is 18.2 Å². The normalized spacial score (nSPS) is 26.6. The fraction of sp³-hybridized carbons (Fsp3) is 0.846. The second-order valence-electron chi connectivity index (χ2n) is 4.56. The van der Waals surface area contributed by atoms with Crippen LogP contribution in [0.25, 0.3) is 0 Å². The van der Waals surface area contributed by atoms with Crippen LogP contribution in [0, 0.1) is 5.92 Å². The quantitative estimate of drug-likeness (QED) is 0.321. The molecule has 0 N–H and O–H groups in total. The highest BCUT2D eigenvalue weighted by Crippen LogP contribution is 2.32. The standard InChI is InChI=1S/C13H23Cl/c1-2-3-4-5-6-7-8-12-9-10-13(14)11-12/h2,12-13H,1,3-11H2/t12-,13+/m0/s1. The number of unbranched alkanes of at least 4 members (excludes halogenated alkanes) is 4. The minimum absolute atomic E-state index is 0.487. The molecule has 0 aromatic heterocycles. The van der Waals surface area contributed by atoms with Gasteiger partial charge in [0.05, 0.1) is 0 Å². The van der Waals surface area contributed by atoms with Crippen molar-refractivity contribution < 1.29 is 0 Å². The number of alkyl halides is 1. The molecule has 0 saturated heterocycles. The van der Waals surface area contributed by atoms with Gasteiger partial charge in [0.1, 0.15) is 0 Å². The van der Waals surface area contributed by atoms with Gasteiger partial charge in [0.2, 0.25) is 0 Å². The second-order valence-corrected chi connectivity index (χ2v) is 5.17. The van der Waals surface area contributed by atoms with Crippen molar-refractivity contribution >= 4 is 11.6 Å². The Hall–Kier alpha value is 0.0300. The molecule has 0 heterocycles. The predicted octanol–water partition coefficient (Wildman–Crippen LogP) is 4.92. The maximum absolute atomic E-state index is 6.08. The third-order valence-corrected chi connectivity index (χ3v) is 3.64. The van der Waals surface area contributed by atoms with Crippen LogP contribution in [-0.2, 0) is 0 Å². The molecule has 0 spiro atoms. The van der Waals surface area contributed by atoms with E-state index in [1.807, 2.05) is 6.08 Å². The van der Waals surface area contributed by atoms with Crippen LogP contribution in [-0.4, -0.2) is 5.38 Å². The minimum atomic E-state index is 0.487. The summed E-state index contributed by atoms with van der Waals surface area (Å²) < 4.78 is 0. The molecule has 0 unspecified atom stereocenters. The third kappa shape index (κ3) is 5.05. The summed E-state index contributed by atoms with van der Waals surface area (Å²) in [6.45, 7) is 3.74. The number of hydrogen-bond donors (Lipinski definition) is 0. The number of halogens is 1. The average molecular weight is 215 g/mol. The SMILES string of the molecule is C=CCCCCCC[C@H]1CC[C@@H](Cl)C1. The van der Waals surface area contributed by atoms with E-state index in [2.05, 4.69) is 6.58 Å². The van der Waals surface area contributed by atoms with Crippen LogP contribution in [0.1, 0.15) is 57.8 Å². The summed E-state index contributed by atoms with van der Waals surface area (Å²) in [7, 11) is 0. The van der Waals surface area contributed by atoms with Gasteiger partial charge in [-0.05, 0) is 38.0 Å². The summed E-state index contributed by atoms with van der Waals surface area (Å²) in [6.07, 6.45) is 14.0. The van der Waals surface area contributed by atoms with E-state index in [9.17, 15) is 0 Å². The molecular weight excluding hydrogens is 192 g/mol. The van der Waals surface area contributed by atoms with Gasteiger partial charge in [0.25, 0.3) is 0 Å². The summed E-state index contributed by atoms with van der Waals surface area (Å²) in [5, 5.41) is 0.487. The first-order chi connectivity index (χ1) is 6.83. The highest BCUT2D eigenvalue weighted by atomic mass is 35.5. The Bertz CT molecular complexity index is 153. The van der Waals surface area contributed by atoms with Gasteiger partial charge in [0.15, 0.2) is 0 Å². The van der Waals surface area contributed by atoms with Crippen molar-refractivity contribution in [3.05, 3.63) is 12.7 Å². The molecule has 2 atom stereocenters. The van der Waals surface area contributed by atoms with Gasteiger partial charge < -0.3 is 0 Å². The Balaban J connectivity index is 1.86. The smallest absolute Gasteiger partial charge is 0.0338 e. The second kappa shape index (κ2) is 7.34. The largest absolute Gasteiger partial charge is 0.123 e. The molecule has 0 nitrogen and oxygen atoms in total. The van der Waals surface area contributed by atoms with Gasteiger partial charge >= 0.3 is 0 Å². The molecule has 1 heteroatoms. The highest BCUT2D eigenvalue weighted by Gasteiger charge is 2.21. The van der Waals surface area contributed by atoms with Crippen molar-refractivity contribution in [2.45, 2.75) is 63.2 Å². The molecule has 0 aromatic carbocycles. The zero-order valence-electron chi connectivity index (χ0n) is 9.18. The molecule has 0 aliphatic heterocycles. The van der Waals surface area contributed by atoms with Crippen LogP contribution in [0.15, 0.2) is 12.7 Å². The zero-order chi connectivity index (χ0) is 10.2. The van der Waals surface area contributed by atoms with Crippen molar-refractivity contribution in [1.82, 2.24) is 0 Å². The predicted molar refractivity (Wildman–Crippen MR) is 64.9 cm³/mol. The van der Waals surface area contributed by atoms with E-state index in [4.69, 9.17) is 11.6 Å². The molecule has 0 radical (unpaired) electrons. The monoisotopic (exact) mass is 214 g/mol. The van der Waals surface area contributed by atoms with Crippen LogP contribution >= 0.6 is 11.6 Å². The van der Waals surface area contributed by atoms with Crippen LogP contribution < -0.4 is 0 Å². The highest BCUT2D eigenvalue weighted by molar-refractivity contribution is 6.20. The van der Waals surface area contributed by atoms with Gasteiger partial charge in [-0.2, -0.15) is 0 Å². The Morgan fingerprint density at radius 3 is 2.57 bits per heavy atom. The molecule has 1 aliphatic carbocycles. The Morgan fingerprint density at radius 2 is 1.93 bits per heavy atom. The van der Waals surface area contributed by atoms with Crippen LogP contribution in [0.2, 0.25) is 0 Å². The molecule has 0 amide bonds. The molecule has 1 rings (SSSR count). The molecule has 82 valence electrons. The first kappa shape index (κ1) is 12.1.